The van der Waals surface area contributed by atoms with E-state index in [9.17, 15) is 14.0 Å². The second kappa shape index (κ2) is 7.58. The van der Waals surface area contributed by atoms with Gasteiger partial charge in [-0.05, 0) is 30.3 Å². The molecular weight excluding hydrogens is 381 g/mol. The number of nitrogens with zero attached hydrogens (tertiary/aromatic N) is 3. The lowest BCUT2D eigenvalue weighted by Crippen LogP contribution is -2.29. The summed E-state index contributed by atoms with van der Waals surface area (Å²) in [5, 5.41) is 10.3. The van der Waals surface area contributed by atoms with Crippen LogP contribution >= 0.6 is 0 Å². The molecule has 29 heavy (non-hydrogen) atoms. The number of methoxy groups -OCH3 is 1. The number of halogens is 1. The first-order valence-electron chi connectivity index (χ1n) is 8.69. The molecule has 0 saturated heterocycles. The zero-order valence-corrected chi connectivity index (χ0v) is 15.3. The third-order valence-electron chi connectivity index (χ3n) is 4.25. The van der Waals surface area contributed by atoms with Crippen LogP contribution in [0.3, 0.4) is 0 Å². The number of aromatic nitrogens is 4. The number of ether oxygens (including phenoxy) is 2. The van der Waals surface area contributed by atoms with E-state index >= 15 is 0 Å². The predicted octanol–water partition coefficient (Wildman–Crippen LogP) is 1.53. The van der Waals surface area contributed by atoms with Gasteiger partial charge in [0.15, 0.2) is 22.7 Å². The molecule has 2 heterocycles. The number of fused-ring (bicyclic) bond motifs is 3. The van der Waals surface area contributed by atoms with Crippen LogP contribution in [0.2, 0.25) is 0 Å². The van der Waals surface area contributed by atoms with Crippen LogP contribution in [0.15, 0.2) is 47.3 Å². The molecule has 0 aliphatic rings. The normalized spacial score (nSPS) is 11.0. The summed E-state index contributed by atoms with van der Waals surface area (Å²) < 4.78 is 25.4. The number of hydrogen-bond donors (Lipinski definition) is 2. The number of hydrogen-bond acceptors (Lipinski definition) is 6. The number of amides is 1. The Morgan fingerprint density at radius 3 is 2.83 bits per heavy atom. The van der Waals surface area contributed by atoms with Crippen LogP contribution in [-0.2, 0) is 0 Å². The van der Waals surface area contributed by atoms with Gasteiger partial charge < -0.3 is 19.8 Å². The highest BCUT2D eigenvalue weighted by Crippen LogP contribution is 2.25. The lowest BCUT2D eigenvalue weighted by atomic mass is 10.2. The van der Waals surface area contributed by atoms with E-state index in [1.165, 1.54) is 29.8 Å². The Balaban J connectivity index is 1.50. The van der Waals surface area contributed by atoms with Crippen molar-refractivity contribution in [1.29, 1.82) is 0 Å². The molecule has 4 aromatic rings. The fourth-order valence-electron chi connectivity index (χ4n) is 2.93. The molecule has 0 unspecified atom stereocenters. The van der Waals surface area contributed by atoms with Crippen molar-refractivity contribution in [2.45, 2.75) is 0 Å². The third-order valence-corrected chi connectivity index (χ3v) is 4.25. The number of para-hydroxylation sites is 2. The van der Waals surface area contributed by atoms with Gasteiger partial charge in [-0.25, -0.2) is 8.91 Å². The third kappa shape index (κ3) is 3.47. The highest BCUT2D eigenvalue weighted by molar-refractivity contribution is 5.99. The molecule has 0 spiro atoms. The lowest BCUT2D eigenvalue weighted by Gasteiger charge is -2.10. The maximum Gasteiger partial charge on any atom is 0.277 e. The fourth-order valence-corrected chi connectivity index (χ4v) is 2.93. The largest absolute Gasteiger partial charge is 0.493 e. The summed E-state index contributed by atoms with van der Waals surface area (Å²) in [6.45, 7) is 0.358. The predicted molar refractivity (Wildman–Crippen MR) is 102 cm³/mol. The average Bonchev–Trinajstić information content (AvgIpc) is 3.17. The van der Waals surface area contributed by atoms with E-state index < -0.39 is 17.3 Å². The number of carbonyl (C=O) groups excluding carboxylic acids is 1. The molecule has 2 N–H and O–H groups in total. The van der Waals surface area contributed by atoms with Crippen LogP contribution in [0, 0.1) is 5.82 Å². The van der Waals surface area contributed by atoms with E-state index in [4.69, 9.17) is 9.47 Å². The molecule has 148 valence electrons. The Morgan fingerprint density at radius 2 is 2.03 bits per heavy atom. The van der Waals surface area contributed by atoms with Crippen molar-refractivity contribution in [1.82, 2.24) is 25.1 Å². The van der Waals surface area contributed by atoms with Gasteiger partial charge in [-0.2, -0.15) is 0 Å². The van der Waals surface area contributed by atoms with Gasteiger partial charge in [0.2, 0.25) is 0 Å². The number of benzene rings is 2. The Hall–Kier alpha value is -3.95. The van der Waals surface area contributed by atoms with Crippen LogP contribution in [0.1, 0.15) is 10.5 Å². The Labute approximate surface area is 163 Å². The molecule has 0 aliphatic heterocycles. The van der Waals surface area contributed by atoms with Crippen LogP contribution in [-0.4, -0.2) is 46.0 Å². The zero-order valence-electron chi connectivity index (χ0n) is 15.3. The van der Waals surface area contributed by atoms with Crippen molar-refractivity contribution in [2.75, 3.05) is 20.3 Å². The standard InChI is InChI=1S/C19H16FN5O4/c1-28-14-4-2-3-5-15(14)29-9-8-21-18(26)16-17-19(27)22-12-10-11(20)6-7-13(12)25(17)24-23-16/h2-7,10H,8-9H2,1H3,(H,21,26)(H,22,27). The van der Waals surface area contributed by atoms with Crippen molar-refractivity contribution >= 4 is 22.5 Å². The van der Waals surface area contributed by atoms with Crippen LogP contribution in [0.4, 0.5) is 4.39 Å². The van der Waals surface area contributed by atoms with Crippen LogP contribution in [0.5, 0.6) is 11.5 Å². The highest BCUT2D eigenvalue weighted by atomic mass is 19.1. The topological polar surface area (TPSA) is 111 Å². The van der Waals surface area contributed by atoms with Gasteiger partial charge in [-0.3, -0.25) is 9.59 Å². The van der Waals surface area contributed by atoms with E-state index in [1.54, 1.807) is 12.1 Å². The molecule has 2 aromatic heterocycles. The van der Waals surface area contributed by atoms with Gasteiger partial charge in [0, 0.05) is 0 Å². The highest BCUT2D eigenvalue weighted by Gasteiger charge is 2.19. The average molecular weight is 397 g/mol. The number of rotatable bonds is 6. The summed E-state index contributed by atoms with van der Waals surface area (Å²) in [4.78, 5) is 27.4. The summed E-state index contributed by atoms with van der Waals surface area (Å²) in [5.74, 6) is 0.0580. The van der Waals surface area contributed by atoms with Gasteiger partial charge in [-0.1, -0.05) is 17.3 Å². The van der Waals surface area contributed by atoms with Crippen molar-refractivity contribution in [3.63, 3.8) is 0 Å². The lowest BCUT2D eigenvalue weighted by molar-refractivity contribution is 0.0943. The Kier molecular flexibility index (Phi) is 4.82. The molecule has 10 heteroatoms. The SMILES string of the molecule is COc1ccccc1OCCNC(=O)c1nnn2c1c(=O)[nH]c1cc(F)ccc12. The Morgan fingerprint density at radius 1 is 1.24 bits per heavy atom. The minimum absolute atomic E-state index is 0.0211. The van der Waals surface area contributed by atoms with E-state index in [-0.39, 0.29) is 29.9 Å². The number of carbonyl (C=O) groups is 1. The van der Waals surface area contributed by atoms with Crippen molar-refractivity contribution in [3.8, 4) is 11.5 Å². The van der Waals surface area contributed by atoms with E-state index in [0.717, 1.165) is 0 Å². The van der Waals surface area contributed by atoms with Crippen molar-refractivity contribution < 1.29 is 18.7 Å². The van der Waals surface area contributed by atoms with Crippen LogP contribution in [0.25, 0.3) is 16.6 Å². The molecule has 0 radical (unpaired) electrons. The molecule has 0 bridgehead atoms. The molecule has 1 amide bonds. The second-order valence-corrected chi connectivity index (χ2v) is 6.07. The van der Waals surface area contributed by atoms with E-state index in [1.807, 2.05) is 12.1 Å². The van der Waals surface area contributed by atoms with Crippen molar-refractivity contribution in [3.05, 3.63) is 64.3 Å². The van der Waals surface area contributed by atoms with E-state index in [0.29, 0.717) is 17.0 Å². The molecule has 0 atom stereocenters. The maximum atomic E-state index is 13.4. The fraction of sp³-hybridized carbons (Fsp3) is 0.158. The molecule has 2 aromatic carbocycles. The molecule has 0 saturated carbocycles. The molecule has 0 fully saturated rings. The van der Waals surface area contributed by atoms with Gasteiger partial charge in [0.25, 0.3) is 11.5 Å². The van der Waals surface area contributed by atoms with Crippen molar-refractivity contribution in [2.24, 2.45) is 0 Å². The summed E-state index contributed by atoms with van der Waals surface area (Å²) in [6.07, 6.45) is 0. The summed E-state index contributed by atoms with van der Waals surface area (Å²) in [5.41, 5.74) is -0.0674. The minimum atomic E-state index is -0.594. The zero-order chi connectivity index (χ0) is 20.4. The number of nitrogens with one attached hydrogen (secondary N) is 2. The summed E-state index contributed by atoms with van der Waals surface area (Å²) in [7, 11) is 1.54. The summed E-state index contributed by atoms with van der Waals surface area (Å²) in [6, 6.07) is 11.0. The second-order valence-electron chi connectivity index (χ2n) is 6.07. The maximum absolute atomic E-state index is 13.4. The van der Waals surface area contributed by atoms with Gasteiger partial charge in [0.05, 0.1) is 24.7 Å². The monoisotopic (exact) mass is 397 g/mol. The van der Waals surface area contributed by atoms with Gasteiger partial charge in [0.1, 0.15) is 12.4 Å². The number of aromatic amines is 1. The minimum Gasteiger partial charge on any atom is -0.493 e. The van der Waals surface area contributed by atoms with Gasteiger partial charge in [-0.15, -0.1) is 5.10 Å². The molecule has 9 nitrogen and oxygen atoms in total. The molecule has 0 aliphatic carbocycles. The summed E-state index contributed by atoms with van der Waals surface area (Å²) >= 11 is 0. The molecular formula is C19H16FN5O4. The Bertz CT molecular complexity index is 1270. The first-order chi connectivity index (χ1) is 14.1. The smallest absolute Gasteiger partial charge is 0.277 e. The quantitative estimate of drug-likeness (QED) is 0.478. The number of H-pyrrole nitrogens is 1. The molecule has 4 rings (SSSR count). The first kappa shape index (κ1) is 18.4. The van der Waals surface area contributed by atoms with Crippen LogP contribution < -0.4 is 20.3 Å². The van der Waals surface area contributed by atoms with Gasteiger partial charge >= 0.3 is 0 Å². The first-order valence-corrected chi connectivity index (χ1v) is 8.69. The van der Waals surface area contributed by atoms with E-state index in [2.05, 4.69) is 20.6 Å².